The third kappa shape index (κ3) is 9.91. The molecule has 1 amide bonds. The van der Waals surface area contributed by atoms with Crippen molar-refractivity contribution in [3.63, 3.8) is 0 Å². The van der Waals surface area contributed by atoms with E-state index >= 15 is 0 Å². The van der Waals surface area contributed by atoms with Crippen LogP contribution >= 0.6 is 0 Å². The molecular weight excluding hydrogens is 634 g/mol. The highest BCUT2D eigenvalue weighted by Crippen LogP contribution is 2.37. The largest absolute Gasteiger partial charge is 0.458 e. The second kappa shape index (κ2) is 17.5. The maximum absolute atomic E-state index is 14.2. The van der Waals surface area contributed by atoms with Crippen LogP contribution in [0.4, 0.5) is 4.79 Å². The van der Waals surface area contributed by atoms with Crippen molar-refractivity contribution in [2.24, 2.45) is 17.8 Å². The van der Waals surface area contributed by atoms with Gasteiger partial charge in [0.05, 0.1) is 23.9 Å². The minimum absolute atomic E-state index is 0.0212. The summed E-state index contributed by atoms with van der Waals surface area (Å²) in [5, 5.41) is 21.5. The van der Waals surface area contributed by atoms with E-state index in [0.717, 1.165) is 13.1 Å². The molecule has 0 aromatic carbocycles. The Morgan fingerprint density at radius 3 is 2.35 bits per heavy atom. The molecule has 3 saturated heterocycles. The van der Waals surface area contributed by atoms with Crippen molar-refractivity contribution in [1.82, 2.24) is 25.8 Å². The quantitative estimate of drug-likeness (QED) is 0.147. The molecule has 0 aromatic rings. The molecule has 0 aromatic heterocycles. The van der Waals surface area contributed by atoms with E-state index in [1.54, 1.807) is 21.0 Å². The predicted molar refractivity (Wildman–Crippen MR) is 185 cm³/mol. The van der Waals surface area contributed by atoms with Crippen molar-refractivity contribution in [1.29, 1.82) is 0 Å². The Kier molecular flexibility index (Phi) is 14.9. The van der Waals surface area contributed by atoms with Crippen LogP contribution in [-0.4, -0.2) is 154 Å². The van der Waals surface area contributed by atoms with Crippen LogP contribution in [0.25, 0.3) is 0 Å². The molecular formula is C35H65N5O9. The molecule has 284 valence electrons. The summed E-state index contributed by atoms with van der Waals surface area (Å²) < 4.78 is 31.1. The number of rotatable bonds is 10. The molecule has 14 nitrogen and oxygen atoms in total. The van der Waals surface area contributed by atoms with Gasteiger partial charge in [0.15, 0.2) is 17.7 Å². The maximum atomic E-state index is 14.2. The first-order valence-electron chi connectivity index (χ1n) is 17.9. The van der Waals surface area contributed by atoms with Gasteiger partial charge in [-0.25, -0.2) is 4.79 Å². The number of aliphatic hydroxyl groups excluding tert-OH is 1. The van der Waals surface area contributed by atoms with Crippen LogP contribution in [0, 0.1) is 17.8 Å². The fraction of sp³-hybridized carbons (Fsp3) is 0.914. The van der Waals surface area contributed by atoms with Crippen LogP contribution in [0.1, 0.15) is 67.7 Å². The van der Waals surface area contributed by atoms with Crippen molar-refractivity contribution in [3.05, 3.63) is 0 Å². The Bertz CT molecular complexity index is 1110. The number of cyclic esters (lactones) is 1. The predicted octanol–water partition coefficient (Wildman–Crippen LogP) is 1.38. The van der Waals surface area contributed by atoms with Gasteiger partial charge in [-0.3, -0.25) is 9.59 Å². The Balaban J connectivity index is 1.98. The highest BCUT2D eigenvalue weighted by Gasteiger charge is 2.55. The summed E-state index contributed by atoms with van der Waals surface area (Å²) in [5.74, 6) is -3.08. The molecule has 4 N–H and O–H groups in total. The lowest BCUT2D eigenvalue weighted by Gasteiger charge is -2.47. The van der Waals surface area contributed by atoms with Gasteiger partial charge in [-0.05, 0) is 87.6 Å². The van der Waals surface area contributed by atoms with Crippen molar-refractivity contribution < 1.29 is 43.2 Å². The number of likely N-dealkylation sites (N-methyl/N-ethyl adjacent to an activating group) is 2. The van der Waals surface area contributed by atoms with Gasteiger partial charge in [0.2, 0.25) is 0 Å². The summed E-state index contributed by atoms with van der Waals surface area (Å²) in [6, 6.07) is -0.994. The fourth-order valence-electron chi connectivity index (χ4n) is 7.72. The topological polar surface area (TPSA) is 160 Å². The average Bonchev–Trinajstić information content (AvgIpc) is 3.36. The van der Waals surface area contributed by atoms with Gasteiger partial charge in [0.1, 0.15) is 18.1 Å². The molecule has 3 aliphatic rings. The minimum Gasteiger partial charge on any atom is -0.458 e. The van der Waals surface area contributed by atoms with Crippen LogP contribution in [0.15, 0.2) is 0 Å². The van der Waals surface area contributed by atoms with Crippen LogP contribution < -0.4 is 16.0 Å². The van der Waals surface area contributed by atoms with Crippen LogP contribution in [-0.2, 0) is 33.3 Å². The number of methoxy groups -OCH3 is 1. The minimum atomic E-state index is -1.16. The second-order valence-corrected chi connectivity index (χ2v) is 15.4. The van der Waals surface area contributed by atoms with E-state index in [-0.39, 0.29) is 29.9 Å². The van der Waals surface area contributed by atoms with E-state index in [4.69, 9.17) is 23.7 Å². The first kappa shape index (κ1) is 41.5. The van der Waals surface area contributed by atoms with Crippen molar-refractivity contribution in [3.8, 4) is 0 Å². The Labute approximate surface area is 293 Å². The summed E-state index contributed by atoms with van der Waals surface area (Å²) in [5.41, 5.74) is -2.18. The molecule has 0 bridgehead atoms. The fourth-order valence-corrected chi connectivity index (χ4v) is 7.72. The number of carbonyl (C=O) groups excluding carboxylic acids is 3. The molecule has 3 aliphatic heterocycles. The van der Waals surface area contributed by atoms with E-state index in [2.05, 4.69) is 27.8 Å². The molecule has 3 fully saturated rings. The number of ether oxygens (including phenoxy) is 5. The summed E-state index contributed by atoms with van der Waals surface area (Å²) in [6.45, 7) is 15.6. The molecule has 14 heteroatoms. The summed E-state index contributed by atoms with van der Waals surface area (Å²) in [4.78, 5) is 44.4. The number of carbonyl (C=O) groups is 3. The Morgan fingerprint density at radius 2 is 1.76 bits per heavy atom. The smallest absolute Gasteiger partial charge is 0.408 e. The van der Waals surface area contributed by atoms with E-state index < -0.39 is 65.7 Å². The SMILES string of the molecule is CC[C@H]1OC(=O)C(C)C(=O)[C@H](C)[C@@H](OC2OC(CNCCN(C)C)CC(N(C)C)C2O)[C@](C)(OC)C[C@@H](C)CN[C@H](C)[C@H]2NC(=O)O[C@@]21C. The van der Waals surface area contributed by atoms with E-state index in [1.807, 2.05) is 53.9 Å². The Hall–Kier alpha value is -1.91. The van der Waals surface area contributed by atoms with Crippen LogP contribution in [0.5, 0.6) is 0 Å². The number of nitrogens with zero attached hydrogens (tertiary/aromatic N) is 2. The molecule has 0 spiro atoms. The van der Waals surface area contributed by atoms with E-state index in [1.165, 1.54) is 6.92 Å². The first-order chi connectivity index (χ1) is 22.9. The van der Waals surface area contributed by atoms with Crippen molar-refractivity contribution >= 4 is 17.8 Å². The number of ketones is 1. The standard InChI is InChI=1S/C35H65N5O9/c1-13-26-35(7)29(38-33(44)49-35)23(5)37-18-20(2)17-34(6,45-12)30(21(3)27(41)22(4)31(43)47-26)48-32-28(42)25(40(10)11)16-24(46-32)19-36-14-15-39(8)9/h20-26,28-30,32,36-37,42H,13-19H2,1-12H3,(H,38,44)/t20-,21+,22?,23-,24?,25?,26-,28?,29-,30-,32?,34-,35-/m1/s1. The van der Waals surface area contributed by atoms with E-state index in [9.17, 15) is 19.5 Å². The number of hydrogen-bond donors (Lipinski definition) is 4. The Morgan fingerprint density at radius 1 is 1.08 bits per heavy atom. The zero-order chi connectivity index (χ0) is 36.8. The summed E-state index contributed by atoms with van der Waals surface area (Å²) >= 11 is 0. The van der Waals surface area contributed by atoms with Crippen LogP contribution in [0.3, 0.4) is 0 Å². The monoisotopic (exact) mass is 699 g/mol. The number of alkyl carbamates (subject to hydrolysis) is 1. The summed E-state index contributed by atoms with van der Waals surface area (Å²) in [7, 11) is 9.45. The van der Waals surface area contributed by atoms with Gasteiger partial charge in [-0.15, -0.1) is 0 Å². The maximum Gasteiger partial charge on any atom is 0.408 e. The third-order valence-corrected chi connectivity index (χ3v) is 10.8. The van der Waals surface area contributed by atoms with Gasteiger partial charge >= 0.3 is 12.1 Å². The molecule has 49 heavy (non-hydrogen) atoms. The molecule has 3 heterocycles. The number of hydrogen-bond acceptors (Lipinski definition) is 13. The number of aliphatic hydroxyl groups is 1. The van der Waals surface area contributed by atoms with Gasteiger partial charge in [-0.2, -0.15) is 0 Å². The highest BCUT2D eigenvalue weighted by atomic mass is 16.7. The second-order valence-electron chi connectivity index (χ2n) is 15.4. The number of esters is 1. The zero-order valence-electron chi connectivity index (χ0n) is 31.9. The summed E-state index contributed by atoms with van der Waals surface area (Å²) in [6.07, 6.45) is -3.14. The van der Waals surface area contributed by atoms with Crippen molar-refractivity contribution in [2.45, 2.75) is 128 Å². The van der Waals surface area contributed by atoms with Crippen LogP contribution in [0.2, 0.25) is 0 Å². The van der Waals surface area contributed by atoms with Crippen molar-refractivity contribution in [2.75, 3.05) is 61.5 Å². The number of fused-ring (bicyclic) bond motifs is 1. The lowest BCUT2D eigenvalue weighted by molar-refractivity contribution is -0.297. The van der Waals surface area contributed by atoms with Gasteiger partial charge in [0.25, 0.3) is 0 Å². The van der Waals surface area contributed by atoms with Gasteiger partial charge < -0.3 is 54.5 Å². The first-order valence-corrected chi connectivity index (χ1v) is 17.9. The third-order valence-electron chi connectivity index (χ3n) is 10.8. The number of amides is 1. The number of Topliss-reactive ketones (excluding diaryl/α,β-unsaturated/α-hetero) is 1. The van der Waals surface area contributed by atoms with Gasteiger partial charge in [0, 0.05) is 44.7 Å². The lowest BCUT2D eigenvalue weighted by Crippen LogP contribution is -2.60. The molecule has 0 aliphatic carbocycles. The lowest BCUT2D eigenvalue weighted by atomic mass is 9.78. The molecule has 3 rings (SSSR count). The normalized spacial score (nSPS) is 41.4. The average molecular weight is 700 g/mol. The van der Waals surface area contributed by atoms with E-state index in [0.29, 0.717) is 32.4 Å². The number of nitrogens with one attached hydrogen (secondary N) is 3. The molecule has 5 unspecified atom stereocenters. The zero-order valence-corrected chi connectivity index (χ0v) is 31.9. The van der Waals surface area contributed by atoms with Gasteiger partial charge in [-0.1, -0.05) is 20.8 Å². The molecule has 0 radical (unpaired) electrons. The molecule has 0 saturated carbocycles. The highest BCUT2D eigenvalue weighted by molar-refractivity contribution is 6.00. The molecule has 13 atom stereocenters.